The lowest BCUT2D eigenvalue weighted by Gasteiger charge is -2.19. The van der Waals surface area contributed by atoms with Crippen molar-refractivity contribution in [2.45, 2.75) is 33.4 Å². The van der Waals surface area contributed by atoms with Crippen molar-refractivity contribution in [3.63, 3.8) is 0 Å². The molecule has 0 aliphatic heterocycles. The molecule has 0 aliphatic carbocycles. The summed E-state index contributed by atoms with van der Waals surface area (Å²) < 4.78 is 3.31. The largest absolute Gasteiger partial charge is 0.336 e. The number of aromatic nitrogens is 3. The van der Waals surface area contributed by atoms with Crippen molar-refractivity contribution < 1.29 is 4.79 Å². The first-order valence-corrected chi connectivity index (χ1v) is 9.82. The fourth-order valence-electron chi connectivity index (χ4n) is 3.87. The van der Waals surface area contributed by atoms with E-state index in [1.54, 1.807) is 18.1 Å². The number of rotatable bonds is 5. The van der Waals surface area contributed by atoms with Crippen LogP contribution >= 0.6 is 0 Å². The Morgan fingerprint density at radius 3 is 2.55 bits per heavy atom. The molecule has 0 fully saturated rings. The van der Waals surface area contributed by atoms with Gasteiger partial charge in [0.05, 0.1) is 6.20 Å². The molecule has 4 aromatic rings. The highest BCUT2D eigenvalue weighted by molar-refractivity contribution is 6.07. The van der Waals surface area contributed by atoms with E-state index in [2.05, 4.69) is 12.0 Å². The summed E-state index contributed by atoms with van der Waals surface area (Å²) in [6.07, 6.45) is 2.61. The lowest BCUT2D eigenvalue weighted by molar-refractivity contribution is -0.119. The van der Waals surface area contributed by atoms with Gasteiger partial charge in [0.2, 0.25) is 5.91 Å². The number of hydrogen-bond donors (Lipinski definition) is 0. The number of benzene rings is 2. The van der Waals surface area contributed by atoms with Crippen LogP contribution in [0, 0.1) is 6.92 Å². The topological polar surface area (TPSA) is 60.1 Å². The summed E-state index contributed by atoms with van der Waals surface area (Å²) in [5.41, 5.74) is 3.21. The highest BCUT2D eigenvalue weighted by atomic mass is 16.2. The number of amides is 1. The summed E-state index contributed by atoms with van der Waals surface area (Å²) in [5.74, 6) is -0.189. The minimum Gasteiger partial charge on any atom is -0.336 e. The van der Waals surface area contributed by atoms with Crippen LogP contribution in [0.15, 0.2) is 59.5 Å². The van der Waals surface area contributed by atoms with E-state index in [-0.39, 0.29) is 18.0 Å². The molecule has 0 radical (unpaired) electrons. The van der Waals surface area contributed by atoms with Crippen LogP contribution < -0.4 is 10.5 Å². The van der Waals surface area contributed by atoms with E-state index >= 15 is 0 Å². The Labute approximate surface area is 169 Å². The van der Waals surface area contributed by atoms with Crippen molar-refractivity contribution in [2.24, 2.45) is 0 Å². The Hall–Kier alpha value is -3.41. The van der Waals surface area contributed by atoms with E-state index in [1.165, 1.54) is 4.68 Å². The third-order valence-corrected chi connectivity index (χ3v) is 5.36. The summed E-state index contributed by atoms with van der Waals surface area (Å²) in [4.78, 5) is 27.7. The molecule has 0 bridgehead atoms. The third kappa shape index (κ3) is 3.20. The number of aryl methyl sites for hydroxylation is 2. The lowest BCUT2D eigenvalue weighted by atomic mass is 10.2. The first kappa shape index (κ1) is 18.9. The van der Waals surface area contributed by atoms with Gasteiger partial charge in [-0.15, -0.1) is 0 Å². The van der Waals surface area contributed by atoms with Gasteiger partial charge in [-0.25, -0.2) is 4.68 Å². The molecular formula is C23H24N4O2. The second-order valence-corrected chi connectivity index (χ2v) is 7.28. The molecule has 2 heterocycles. The van der Waals surface area contributed by atoms with Gasteiger partial charge in [0, 0.05) is 35.6 Å². The zero-order valence-electron chi connectivity index (χ0n) is 16.9. The molecule has 4 rings (SSSR count). The van der Waals surface area contributed by atoms with E-state index in [9.17, 15) is 9.59 Å². The van der Waals surface area contributed by atoms with Crippen molar-refractivity contribution in [3.8, 4) is 0 Å². The molecule has 0 aliphatic rings. The third-order valence-electron chi connectivity index (χ3n) is 5.36. The van der Waals surface area contributed by atoms with Crippen LogP contribution in [-0.2, 0) is 17.9 Å². The molecule has 148 valence electrons. The van der Waals surface area contributed by atoms with Gasteiger partial charge in [-0.1, -0.05) is 43.3 Å². The second-order valence-electron chi connectivity index (χ2n) is 7.28. The van der Waals surface area contributed by atoms with E-state index in [0.717, 1.165) is 40.5 Å². The molecule has 0 unspecified atom stereocenters. The average Bonchev–Trinajstić information content (AvgIpc) is 3.05. The number of likely N-dealkylation sites (N-methyl/N-ethyl adjacent to an activating group) is 1. The van der Waals surface area contributed by atoms with Gasteiger partial charge in [0.15, 0.2) is 0 Å². The van der Waals surface area contributed by atoms with Gasteiger partial charge >= 0.3 is 0 Å². The quantitative estimate of drug-likeness (QED) is 0.523. The molecule has 2 aromatic heterocycles. The van der Waals surface area contributed by atoms with Crippen LogP contribution in [-0.4, -0.2) is 27.3 Å². The predicted octanol–water partition coefficient (Wildman–Crippen LogP) is 3.73. The number of anilines is 1. The number of hydrogen-bond acceptors (Lipinski definition) is 3. The maximum Gasteiger partial charge on any atom is 0.291 e. The number of carbonyl (C=O) groups excluding carboxylic acids is 1. The smallest absolute Gasteiger partial charge is 0.291 e. The van der Waals surface area contributed by atoms with Crippen LogP contribution in [0.3, 0.4) is 0 Å². The van der Waals surface area contributed by atoms with E-state index in [4.69, 9.17) is 0 Å². The Morgan fingerprint density at radius 2 is 1.79 bits per heavy atom. The first-order chi connectivity index (χ1) is 14.0. The fourth-order valence-corrected chi connectivity index (χ4v) is 3.87. The minimum atomic E-state index is -0.237. The zero-order valence-corrected chi connectivity index (χ0v) is 16.9. The van der Waals surface area contributed by atoms with Gasteiger partial charge in [0.1, 0.15) is 12.1 Å². The molecule has 2 aromatic carbocycles. The summed E-state index contributed by atoms with van der Waals surface area (Å²) in [6, 6.07) is 15.6. The fraction of sp³-hybridized carbons (Fsp3) is 0.261. The molecule has 0 saturated carbocycles. The molecule has 29 heavy (non-hydrogen) atoms. The first-order valence-electron chi connectivity index (χ1n) is 9.82. The molecule has 0 atom stereocenters. The Balaban J connectivity index is 1.77. The average molecular weight is 388 g/mol. The molecule has 6 nitrogen and oxygen atoms in total. The van der Waals surface area contributed by atoms with Crippen molar-refractivity contribution >= 4 is 33.4 Å². The zero-order chi connectivity index (χ0) is 20.5. The molecule has 1 amide bonds. The second kappa shape index (κ2) is 7.54. The van der Waals surface area contributed by atoms with Gasteiger partial charge in [-0.2, -0.15) is 5.10 Å². The van der Waals surface area contributed by atoms with Crippen LogP contribution in [0.25, 0.3) is 21.8 Å². The number of fused-ring (bicyclic) bond motifs is 3. The van der Waals surface area contributed by atoms with Crippen molar-refractivity contribution in [1.82, 2.24) is 14.3 Å². The maximum absolute atomic E-state index is 13.3. The molecule has 0 saturated heterocycles. The van der Waals surface area contributed by atoms with Gasteiger partial charge in [-0.3, -0.25) is 9.59 Å². The van der Waals surface area contributed by atoms with Gasteiger partial charge in [0.25, 0.3) is 5.56 Å². The monoisotopic (exact) mass is 388 g/mol. The van der Waals surface area contributed by atoms with E-state index in [0.29, 0.717) is 5.52 Å². The van der Waals surface area contributed by atoms with Crippen LogP contribution in [0.2, 0.25) is 0 Å². The normalized spacial score (nSPS) is 11.3. The van der Waals surface area contributed by atoms with Gasteiger partial charge in [-0.05, 0) is 31.0 Å². The highest BCUT2D eigenvalue weighted by Crippen LogP contribution is 2.26. The summed E-state index contributed by atoms with van der Waals surface area (Å²) in [7, 11) is 1.72. The minimum absolute atomic E-state index is 0.104. The Bertz CT molecular complexity index is 1270. The summed E-state index contributed by atoms with van der Waals surface area (Å²) in [5, 5.41) is 6.15. The molecule has 0 N–H and O–H groups in total. The van der Waals surface area contributed by atoms with Gasteiger partial charge < -0.3 is 9.47 Å². The SMILES string of the molecule is CCCn1c2ccccc2c2cnn(CC(=O)N(C)c3ccccc3C)c(=O)c21. The summed E-state index contributed by atoms with van der Waals surface area (Å²) in [6.45, 7) is 4.67. The van der Waals surface area contributed by atoms with Crippen LogP contribution in [0.5, 0.6) is 0 Å². The number of para-hydroxylation sites is 2. The Morgan fingerprint density at radius 1 is 1.07 bits per heavy atom. The Kier molecular flexibility index (Phi) is 4.92. The molecular weight excluding hydrogens is 364 g/mol. The van der Waals surface area contributed by atoms with E-state index in [1.807, 2.05) is 60.0 Å². The van der Waals surface area contributed by atoms with Crippen LogP contribution in [0.4, 0.5) is 5.69 Å². The summed E-state index contributed by atoms with van der Waals surface area (Å²) >= 11 is 0. The van der Waals surface area contributed by atoms with Crippen molar-refractivity contribution in [1.29, 1.82) is 0 Å². The standard InChI is InChI=1S/C23H24N4O2/c1-4-13-26-20-12-8-6-10-17(20)18-14-24-27(23(29)22(18)26)15-21(28)25(3)19-11-7-5-9-16(19)2/h5-12,14H,4,13,15H2,1-3H3. The lowest BCUT2D eigenvalue weighted by Crippen LogP contribution is -2.35. The predicted molar refractivity (Wildman–Crippen MR) is 116 cm³/mol. The molecule has 6 heteroatoms. The number of nitrogens with zero attached hydrogens (tertiary/aromatic N) is 4. The van der Waals surface area contributed by atoms with Crippen molar-refractivity contribution in [3.05, 3.63) is 70.6 Å². The number of carbonyl (C=O) groups is 1. The molecule has 0 spiro atoms. The maximum atomic E-state index is 13.3. The highest BCUT2D eigenvalue weighted by Gasteiger charge is 2.18. The van der Waals surface area contributed by atoms with Crippen LogP contribution in [0.1, 0.15) is 18.9 Å². The van der Waals surface area contributed by atoms with Crippen molar-refractivity contribution in [2.75, 3.05) is 11.9 Å². The van der Waals surface area contributed by atoms with E-state index < -0.39 is 0 Å².